The van der Waals surface area contributed by atoms with E-state index in [0.717, 1.165) is 5.69 Å². The monoisotopic (exact) mass is 271 g/mol. The number of carbonyl (C=O) groups excluding carboxylic acids is 1. The summed E-state index contributed by atoms with van der Waals surface area (Å²) in [7, 11) is 0. The molecule has 5 nitrogen and oxygen atoms in total. The molecule has 1 fully saturated rings. The first-order valence-electron chi connectivity index (χ1n) is 6.75. The molecule has 0 spiro atoms. The van der Waals surface area contributed by atoms with Gasteiger partial charge in [-0.1, -0.05) is 0 Å². The van der Waals surface area contributed by atoms with E-state index in [0.29, 0.717) is 25.3 Å². The van der Waals surface area contributed by atoms with Crippen LogP contribution in [0.25, 0.3) is 5.69 Å². The summed E-state index contributed by atoms with van der Waals surface area (Å²) in [4.78, 5) is 14.2. The van der Waals surface area contributed by atoms with E-state index in [4.69, 9.17) is 4.74 Å². The molecular weight excluding hydrogens is 254 g/mol. The van der Waals surface area contributed by atoms with E-state index in [2.05, 4.69) is 5.10 Å². The Morgan fingerprint density at radius 3 is 2.80 bits per heavy atom. The van der Waals surface area contributed by atoms with Crippen LogP contribution in [-0.4, -0.2) is 46.4 Å². The topological polar surface area (TPSA) is 47.4 Å². The maximum absolute atomic E-state index is 12.4. The van der Waals surface area contributed by atoms with Gasteiger partial charge in [0.05, 0.1) is 18.4 Å². The van der Waals surface area contributed by atoms with Gasteiger partial charge in [0.1, 0.15) is 0 Å². The fourth-order valence-electron chi connectivity index (χ4n) is 2.36. The molecule has 1 amide bonds. The molecule has 0 saturated carbocycles. The lowest BCUT2D eigenvalue weighted by atomic mass is 10.1. The molecule has 3 rings (SSSR count). The highest BCUT2D eigenvalue weighted by Crippen LogP contribution is 2.13. The Balaban J connectivity index is 1.75. The van der Waals surface area contributed by atoms with Gasteiger partial charge in [-0.25, -0.2) is 4.68 Å². The van der Waals surface area contributed by atoms with Gasteiger partial charge in [-0.15, -0.1) is 0 Å². The number of nitrogens with zero attached hydrogens (tertiary/aromatic N) is 3. The minimum absolute atomic E-state index is 0.0622. The third-order valence-corrected chi connectivity index (χ3v) is 3.41. The highest BCUT2D eigenvalue weighted by Gasteiger charge is 2.22. The van der Waals surface area contributed by atoms with Crippen molar-refractivity contribution in [3.05, 3.63) is 48.3 Å². The normalized spacial score (nSPS) is 19.1. The molecule has 104 valence electrons. The summed E-state index contributed by atoms with van der Waals surface area (Å²) < 4.78 is 7.23. The fraction of sp³-hybridized carbons (Fsp3) is 0.333. The smallest absolute Gasteiger partial charge is 0.254 e. The molecule has 1 atom stereocenters. The Bertz CT molecular complexity index is 578. The van der Waals surface area contributed by atoms with Crippen LogP contribution in [0.1, 0.15) is 17.3 Å². The van der Waals surface area contributed by atoms with Gasteiger partial charge in [-0.05, 0) is 37.3 Å². The number of carbonyl (C=O) groups is 1. The molecular formula is C15H17N3O2. The number of amides is 1. The molecule has 1 aliphatic heterocycles. The number of rotatable bonds is 2. The van der Waals surface area contributed by atoms with E-state index in [1.807, 2.05) is 48.4 Å². The van der Waals surface area contributed by atoms with Crippen LogP contribution in [0.4, 0.5) is 0 Å². The first-order chi connectivity index (χ1) is 9.74. The average molecular weight is 271 g/mol. The van der Waals surface area contributed by atoms with Gasteiger partial charge in [-0.2, -0.15) is 5.10 Å². The first kappa shape index (κ1) is 12.9. The van der Waals surface area contributed by atoms with Crippen molar-refractivity contribution < 1.29 is 9.53 Å². The zero-order valence-electron chi connectivity index (χ0n) is 11.4. The molecule has 5 heteroatoms. The van der Waals surface area contributed by atoms with Crippen LogP contribution in [0, 0.1) is 0 Å². The van der Waals surface area contributed by atoms with Crippen molar-refractivity contribution in [2.24, 2.45) is 0 Å². The molecule has 0 radical (unpaired) electrons. The molecule has 2 aromatic rings. The van der Waals surface area contributed by atoms with Crippen LogP contribution in [0.15, 0.2) is 42.7 Å². The number of morpholine rings is 1. The van der Waals surface area contributed by atoms with E-state index in [-0.39, 0.29) is 12.0 Å². The van der Waals surface area contributed by atoms with E-state index >= 15 is 0 Å². The van der Waals surface area contributed by atoms with Crippen molar-refractivity contribution in [2.45, 2.75) is 13.0 Å². The van der Waals surface area contributed by atoms with Gasteiger partial charge in [0.2, 0.25) is 0 Å². The van der Waals surface area contributed by atoms with Crippen LogP contribution in [0.2, 0.25) is 0 Å². The number of hydrogen-bond donors (Lipinski definition) is 0. The number of benzene rings is 1. The van der Waals surface area contributed by atoms with Gasteiger partial charge in [0.15, 0.2) is 0 Å². The summed E-state index contributed by atoms with van der Waals surface area (Å²) in [5.74, 6) is 0.0622. The summed E-state index contributed by atoms with van der Waals surface area (Å²) in [5, 5.41) is 4.17. The van der Waals surface area contributed by atoms with Crippen molar-refractivity contribution in [1.82, 2.24) is 14.7 Å². The number of hydrogen-bond acceptors (Lipinski definition) is 3. The minimum Gasteiger partial charge on any atom is -0.375 e. The van der Waals surface area contributed by atoms with E-state index in [9.17, 15) is 4.79 Å². The molecule has 20 heavy (non-hydrogen) atoms. The summed E-state index contributed by atoms with van der Waals surface area (Å²) in [6, 6.07) is 9.38. The van der Waals surface area contributed by atoms with Gasteiger partial charge in [0.25, 0.3) is 5.91 Å². The molecule has 0 bridgehead atoms. The zero-order chi connectivity index (χ0) is 13.9. The Morgan fingerprint density at radius 2 is 2.15 bits per heavy atom. The lowest BCUT2D eigenvalue weighted by Gasteiger charge is -2.31. The van der Waals surface area contributed by atoms with Gasteiger partial charge < -0.3 is 9.64 Å². The summed E-state index contributed by atoms with van der Waals surface area (Å²) in [5.41, 5.74) is 1.65. The van der Waals surface area contributed by atoms with Crippen molar-refractivity contribution in [1.29, 1.82) is 0 Å². The molecule has 1 aliphatic rings. The lowest BCUT2D eigenvalue weighted by Crippen LogP contribution is -2.44. The molecule has 1 aromatic carbocycles. The first-order valence-corrected chi connectivity index (χ1v) is 6.75. The number of ether oxygens (including phenoxy) is 1. The van der Waals surface area contributed by atoms with Crippen LogP contribution < -0.4 is 0 Å². The standard InChI is InChI=1S/C15H17N3O2/c1-12-11-17(9-10-20-12)15(19)13-3-5-14(6-4-13)18-8-2-7-16-18/h2-8,12H,9-11H2,1H3. The SMILES string of the molecule is CC1CN(C(=O)c2ccc(-n3cccn3)cc2)CCO1. The third kappa shape index (κ3) is 2.58. The van der Waals surface area contributed by atoms with E-state index in [1.165, 1.54) is 0 Å². The second-order valence-corrected chi connectivity index (χ2v) is 4.93. The van der Waals surface area contributed by atoms with Crippen molar-refractivity contribution in [3.63, 3.8) is 0 Å². The van der Waals surface area contributed by atoms with Crippen LogP contribution in [0.5, 0.6) is 0 Å². The van der Waals surface area contributed by atoms with Crippen molar-refractivity contribution in [3.8, 4) is 5.69 Å². The molecule has 2 heterocycles. The van der Waals surface area contributed by atoms with E-state index < -0.39 is 0 Å². The fourth-order valence-corrected chi connectivity index (χ4v) is 2.36. The van der Waals surface area contributed by atoms with E-state index in [1.54, 1.807) is 10.9 Å². The maximum atomic E-state index is 12.4. The van der Waals surface area contributed by atoms with Crippen LogP contribution in [-0.2, 0) is 4.74 Å². The van der Waals surface area contributed by atoms with Crippen molar-refractivity contribution in [2.75, 3.05) is 19.7 Å². The summed E-state index contributed by atoms with van der Waals surface area (Å²) in [6.45, 7) is 3.91. The highest BCUT2D eigenvalue weighted by molar-refractivity contribution is 5.94. The van der Waals surface area contributed by atoms with Gasteiger partial charge in [0, 0.05) is 31.0 Å². The predicted octanol–water partition coefficient (Wildman–Crippen LogP) is 1.73. The average Bonchev–Trinajstić information content (AvgIpc) is 3.01. The summed E-state index contributed by atoms with van der Waals surface area (Å²) in [6.07, 6.45) is 3.71. The molecule has 1 unspecified atom stereocenters. The highest BCUT2D eigenvalue weighted by atomic mass is 16.5. The largest absolute Gasteiger partial charge is 0.375 e. The molecule has 0 aliphatic carbocycles. The Morgan fingerprint density at radius 1 is 1.35 bits per heavy atom. The Hall–Kier alpha value is -2.14. The van der Waals surface area contributed by atoms with Gasteiger partial charge >= 0.3 is 0 Å². The number of aromatic nitrogens is 2. The van der Waals surface area contributed by atoms with Crippen molar-refractivity contribution >= 4 is 5.91 Å². The Kier molecular flexibility index (Phi) is 3.52. The minimum atomic E-state index is 0.0622. The van der Waals surface area contributed by atoms with Gasteiger partial charge in [-0.3, -0.25) is 4.79 Å². The Labute approximate surface area is 117 Å². The molecule has 0 N–H and O–H groups in total. The zero-order valence-corrected chi connectivity index (χ0v) is 11.4. The third-order valence-electron chi connectivity index (χ3n) is 3.41. The second-order valence-electron chi connectivity index (χ2n) is 4.93. The molecule has 1 aromatic heterocycles. The van der Waals surface area contributed by atoms with Crippen LogP contribution in [0.3, 0.4) is 0 Å². The quantitative estimate of drug-likeness (QED) is 0.835. The second kappa shape index (κ2) is 5.46. The lowest BCUT2D eigenvalue weighted by molar-refractivity contribution is -0.0124. The van der Waals surface area contributed by atoms with Crippen LogP contribution >= 0.6 is 0 Å². The summed E-state index contributed by atoms with van der Waals surface area (Å²) >= 11 is 0. The predicted molar refractivity (Wildman–Crippen MR) is 74.9 cm³/mol. The maximum Gasteiger partial charge on any atom is 0.254 e. The molecule has 1 saturated heterocycles.